The number of carbonyl (C=O) groups excluding carboxylic acids is 2. The monoisotopic (exact) mass is 288 g/mol. The van der Waals surface area contributed by atoms with Gasteiger partial charge < -0.3 is 10.2 Å². The van der Waals surface area contributed by atoms with Gasteiger partial charge in [-0.05, 0) is 56.9 Å². The molecule has 0 saturated carbocycles. The third-order valence-corrected chi connectivity index (χ3v) is 4.26. The van der Waals surface area contributed by atoms with E-state index in [-0.39, 0.29) is 17.7 Å². The molecule has 21 heavy (non-hydrogen) atoms. The number of carbonyl (C=O) groups is 2. The maximum absolute atomic E-state index is 12.5. The lowest BCUT2D eigenvalue weighted by molar-refractivity contribution is -0.126. The Labute approximate surface area is 126 Å². The zero-order valence-corrected chi connectivity index (χ0v) is 13.1. The summed E-state index contributed by atoms with van der Waals surface area (Å²) in [5, 5.41) is 2.86. The summed E-state index contributed by atoms with van der Waals surface area (Å²) in [6, 6.07) is 5.83. The molecule has 0 radical (unpaired) electrons. The quantitative estimate of drug-likeness (QED) is 0.927. The lowest BCUT2D eigenvalue weighted by atomic mass is 9.95. The van der Waals surface area contributed by atoms with Gasteiger partial charge in [-0.2, -0.15) is 0 Å². The van der Waals surface area contributed by atoms with Crippen molar-refractivity contribution in [3.05, 3.63) is 34.9 Å². The molecule has 1 saturated heterocycles. The molecular formula is C17H24N2O2. The normalized spacial score (nSPS) is 15.9. The number of hydrogen-bond donors (Lipinski definition) is 1. The molecule has 1 N–H and O–H groups in total. The van der Waals surface area contributed by atoms with E-state index in [2.05, 4.69) is 5.32 Å². The van der Waals surface area contributed by atoms with Crippen LogP contribution in [0.15, 0.2) is 18.2 Å². The summed E-state index contributed by atoms with van der Waals surface area (Å²) in [7, 11) is 0. The largest absolute Gasteiger partial charge is 0.356 e. The maximum Gasteiger partial charge on any atom is 0.253 e. The first-order valence-electron chi connectivity index (χ1n) is 7.67. The molecule has 114 valence electrons. The average Bonchev–Trinajstić information content (AvgIpc) is 2.50. The molecule has 4 heteroatoms. The third kappa shape index (κ3) is 3.63. The molecular weight excluding hydrogens is 264 g/mol. The first kappa shape index (κ1) is 15.5. The number of hydrogen-bond acceptors (Lipinski definition) is 2. The van der Waals surface area contributed by atoms with Crippen LogP contribution in [-0.4, -0.2) is 36.3 Å². The SMILES string of the molecule is CCNC(=O)C1CCN(C(=O)c2ccc(C)c(C)c2)CC1. The van der Waals surface area contributed by atoms with Gasteiger partial charge in [0.05, 0.1) is 0 Å². The number of nitrogens with one attached hydrogen (secondary N) is 1. The van der Waals surface area contributed by atoms with Crippen LogP contribution < -0.4 is 5.32 Å². The first-order chi connectivity index (χ1) is 10.0. The lowest BCUT2D eigenvalue weighted by Gasteiger charge is -2.31. The smallest absolute Gasteiger partial charge is 0.253 e. The second-order valence-electron chi connectivity index (χ2n) is 5.76. The minimum absolute atomic E-state index is 0.0498. The van der Waals surface area contributed by atoms with Crippen LogP contribution in [-0.2, 0) is 4.79 Å². The molecule has 1 fully saturated rings. The van der Waals surface area contributed by atoms with Crippen molar-refractivity contribution in [1.29, 1.82) is 0 Å². The number of piperidine rings is 1. The summed E-state index contributed by atoms with van der Waals surface area (Å²) in [6.07, 6.45) is 1.50. The van der Waals surface area contributed by atoms with Gasteiger partial charge >= 0.3 is 0 Å². The zero-order chi connectivity index (χ0) is 15.4. The Morgan fingerprint density at radius 2 is 1.86 bits per heavy atom. The standard InChI is InChI=1S/C17H24N2O2/c1-4-18-16(20)14-7-9-19(10-8-14)17(21)15-6-5-12(2)13(3)11-15/h5-6,11,14H,4,7-10H2,1-3H3,(H,18,20). The van der Waals surface area contributed by atoms with Gasteiger partial charge in [0.1, 0.15) is 0 Å². The van der Waals surface area contributed by atoms with E-state index in [1.54, 1.807) is 0 Å². The number of likely N-dealkylation sites (tertiary alicyclic amines) is 1. The Balaban J connectivity index is 1.97. The summed E-state index contributed by atoms with van der Waals surface area (Å²) in [5.74, 6) is 0.247. The lowest BCUT2D eigenvalue weighted by Crippen LogP contribution is -2.43. The van der Waals surface area contributed by atoms with E-state index in [0.717, 1.165) is 24.0 Å². The summed E-state index contributed by atoms with van der Waals surface area (Å²) < 4.78 is 0. The number of rotatable bonds is 3. The summed E-state index contributed by atoms with van der Waals surface area (Å²) in [4.78, 5) is 26.2. The van der Waals surface area contributed by atoms with Crippen molar-refractivity contribution < 1.29 is 9.59 Å². The van der Waals surface area contributed by atoms with Crippen LogP contribution in [0, 0.1) is 19.8 Å². The molecule has 0 aliphatic carbocycles. The third-order valence-electron chi connectivity index (χ3n) is 4.26. The molecule has 1 aliphatic heterocycles. The van der Waals surface area contributed by atoms with Crippen LogP contribution in [0.3, 0.4) is 0 Å². The zero-order valence-electron chi connectivity index (χ0n) is 13.1. The van der Waals surface area contributed by atoms with E-state index in [9.17, 15) is 9.59 Å². The van der Waals surface area contributed by atoms with Crippen LogP contribution in [0.1, 0.15) is 41.3 Å². The van der Waals surface area contributed by atoms with Crippen molar-refractivity contribution in [3.63, 3.8) is 0 Å². The van der Waals surface area contributed by atoms with Gasteiger partial charge in [0.15, 0.2) is 0 Å². The molecule has 0 aromatic heterocycles. The van der Waals surface area contributed by atoms with Crippen molar-refractivity contribution in [2.24, 2.45) is 5.92 Å². The predicted molar refractivity (Wildman–Crippen MR) is 83.2 cm³/mol. The summed E-state index contributed by atoms with van der Waals surface area (Å²) in [5.41, 5.74) is 3.08. The highest BCUT2D eigenvalue weighted by atomic mass is 16.2. The first-order valence-corrected chi connectivity index (χ1v) is 7.67. The van der Waals surface area contributed by atoms with Crippen LogP contribution in [0.2, 0.25) is 0 Å². The molecule has 1 aliphatic rings. The van der Waals surface area contributed by atoms with Crippen molar-refractivity contribution >= 4 is 11.8 Å². The highest BCUT2D eigenvalue weighted by Gasteiger charge is 2.27. The second kappa shape index (κ2) is 6.74. The Morgan fingerprint density at radius 3 is 2.43 bits per heavy atom. The molecule has 1 aromatic rings. The minimum atomic E-state index is 0.0498. The molecule has 0 spiro atoms. The highest BCUT2D eigenvalue weighted by molar-refractivity contribution is 5.94. The van der Waals surface area contributed by atoms with E-state index in [1.165, 1.54) is 5.56 Å². The average molecular weight is 288 g/mol. The van der Waals surface area contributed by atoms with Crippen molar-refractivity contribution in [3.8, 4) is 0 Å². The van der Waals surface area contributed by atoms with Gasteiger partial charge in [-0.1, -0.05) is 6.07 Å². The minimum Gasteiger partial charge on any atom is -0.356 e. The molecule has 0 atom stereocenters. The molecule has 2 rings (SSSR count). The van der Waals surface area contributed by atoms with Gasteiger partial charge in [0, 0.05) is 31.1 Å². The van der Waals surface area contributed by atoms with Crippen molar-refractivity contribution in [2.75, 3.05) is 19.6 Å². The second-order valence-corrected chi connectivity index (χ2v) is 5.76. The van der Waals surface area contributed by atoms with E-state index in [0.29, 0.717) is 19.6 Å². The Hall–Kier alpha value is -1.84. The molecule has 0 bridgehead atoms. The van der Waals surface area contributed by atoms with Gasteiger partial charge in [0.25, 0.3) is 5.91 Å². The van der Waals surface area contributed by atoms with Gasteiger partial charge in [0.2, 0.25) is 5.91 Å². The molecule has 2 amide bonds. The fourth-order valence-electron chi connectivity index (χ4n) is 2.72. The molecule has 0 unspecified atom stereocenters. The molecule has 4 nitrogen and oxygen atoms in total. The fraction of sp³-hybridized carbons (Fsp3) is 0.529. The Kier molecular flexibility index (Phi) is 4.99. The molecule has 1 heterocycles. The van der Waals surface area contributed by atoms with Gasteiger partial charge in [-0.15, -0.1) is 0 Å². The molecule has 1 aromatic carbocycles. The van der Waals surface area contributed by atoms with Gasteiger partial charge in [-0.3, -0.25) is 9.59 Å². The van der Waals surface area contributed by atoms with Crippen LogP contribution in [0.25, 0.3) is 0 Å². The van der Waals surface area contributed by atoms with E-state index >= 15 is 0 Å². The van der Waals surface area contributed by atoms with E-state index in [1.807, 2.05) is 43.9 Å². The maximum atomic E-state index is 12.5. The van der Waals surface area contributed by atoms with Crippen molar-refractivity contribution in [1.82, 2.24) is 10.2 Å². The highest BCUT2D eigenvalue weighted by Crippen LogP contribution is 2.20. The van der Waals surface area contributed by atoms with Crippen LogP contribution >= 0.6 is 0 Å². The fourth-order valence-corrected chi connectivity index (χ4v) is 2.72. The Bertz CT molecular complexity index is 532. The summed E-state index contributed by atoms with van der Waals surface area (Å²) in [6.45, 7) is 7.98. The number of benzene rings is 1. The topological polar surface area (TPSA) is 49.4 Å². The van der Waals surface area contributed by atoms with Gasteiger partial charge in [-0.25, -0.2) is 0 Å². The Morgan fingerprint density at radius 1 is 1.19 bits per heavy atom. The number of aryl methyl sites for hydroxylation is 2. The van der Waals surface area contributed by atoms with Crippen LogP contribution in [0.5, 0.6) is 0 Å². The number of amides is 2. The predicted octanol–water partition coefficient (Wildman–Crippen LogP) is 2.29. The van der Waals surface area contributed by atoms with Crippen molar-refractivity contribution in [2.45, 2.75) is 33.6 Å². The summed E-state index contributed by atoms with van der Waals surface area (Å²) >= 11 is 0. The van der Waals surface area contributed by atoms with E-state index in [4.69, 9.17) is 0 Å². The number of nitrogens with zero attached hydrogens (tertiary/aromatic N) is 1. The van der Waals surface area contributed by atoms with Crippen LogP contribution in [0.4, 0.5) is 0 Å². The van der Waals surface area contributed by atoms with E-state index < -0.39 is 0 Å².